The summed E-state index contributed by atoms with van der Waals surface area (Å²) in [6.07, 6.45) is 1.23. The second kappa shape index (κ2) is 8.77. The quantitative estimate of drug-likeness (QED) is 0.748. The van der Waals surface area contributed by atoms with Gasteiger partial charge in [0.15, 0.2) is 11.5 Å². The van der Waals surface area contributed by atoms with Gasteiger partial charge in [0.1, 0.15) is 6.10 Å². The third-order valence-corrected chi connectivity index (χ3v) is 2.60. The summed E-state index contributed by atoms with van der Waals surface area (Å²) < 4.78 is 16.3. The van der Waals surface area contributed by atoms with Crippen molar-refractivity contribution in [3.8, 4) is 11.5 Å². The minimum absolute atomic E-state index is 0.266. The molecule has 0 bridgehead atoms. The topological polar surface area (TPSA) is 47.9 Å². The second-order valence-corrected chi connectivity index (χ2v) is 4.37. The van der Waals surface area contributed by atoms with E-state index in [9.17, 15) is 5.11 Å². The number of benzene rings is 1. The zero-order chi connectivity index (χ0) is 14.1. The number of aliphatic hydroxyl groups is 1. The number of hydrogen-bond acceptors (Lipinski definition) is 4. The first-order valence-electron chi connectivity index (χ1n) is 6.79. The van der Waals surface area contributed by atoms with Crippen LogP contribution in [0.4, 0.5) is 0 Å². The van der Waals surface area contributed by atoms with Crippen LogP contribution in [0, 0.1) is 0 Å². The summed E-state index contributed by atoms with van der Waals surface area (Å²) >= 11 is 0. The van der Waals surface area contributed by atoms with Gasteiger partial charge in [0, 0.05) is 7.11 Å². The van der Waals surface area contributed by atoms with E-state index < -0.39 is 6.10 Å². The van der Waals surface area contributed by atoms with Crippen molar-refractivity contribution < 1.29 is 19.3 Å². The van der Waals surface area contributed by atoms with Crippen molar-refractivity contribution in [2.24, 2.45) is 0 Å². The van der Waals surface area contributed by atoms with Crippen LogP contribution in [0.3, 0.4) is 0 Å². The molecule has 0 saturated carbocycles. The fourth-order valence-corrected chi connectivity index (χ4v) is 1.64. The Hall–Kier alpha value is -1.26. The molecule has 1 aromatic rings. The molecule has 108 valence electrons. The lowest BCUT2D eigenvalue weighted by Crippen LogP contribution is -2.07. The average Bonchev–Trinajstić information content (AvgIpc) is 2.43. The molecule has 0 amide bonds. The maximum atomic E-state index is 9.92. The first-order valence-corrected chi connectivity index (χ1v) is 6.79. The summed E-state index contributed by atoms with van der Waals surface area (Å²) in [5.41, 5.74) is 0.775. The number of methoxy groups -OCH3 is 1. The third kappa shape index (κ3) is 5.09. The van der Waals surface area contributed by atoms with Crippen molar-refractivity contribution in [2.45, 2.75) is 32.8 Å². The van der Waals surface area contributed by atoms with Crippen molar-refractivity contribution in [1.29, 1.82) is 0 Å². The molecule has 1 rings (SSSR count). The van der Waals surface area contributed by atoms with Crippen LogP contribution in [-0.4, -0.2) is 32.0 Å². The number of hydrogen-bond donors (Lipinski definition) is 1. The third-order valence-electron chi connectivity index (χ3n) is 2.60. The molecular formula is C15H24O4. The van der Waals surface area contributed by atoms with E-state index >= 15 is 0 Å². The fraction of sp³-hybridized carbons (Fsp3) is 0.600. The molecule has 0 heterocycles. The highest BCUT2D eigenvalue weighted by Crippen LogP contribution is 2.31. The Morgan fingerprint density at radius 3 is 2.26 bits per heavy atom. The van der Waals surface area contributed by atoms with Crippen LogP contribution in [-0.2, 0) is 4.74 Å². The summed E-state index contributed by atoms with van der Waals surface area (Å²) in [4.78, 5) is 0. The molecule has 0 radical (unpaired) electrons. The van der Waals surface area contributed by atoms with Crippen molar-refractivity contribution >= 4 is 0 Å². The Morgan fingerprint density at radius 1 is 1.05 bits per heavy atom. The van der Waals surface area contributed by atoms with Gasteiger partial charge in [0.2, 0.25) is 0 Å². The molecule has 0 saturated heterocycles. The van der Waals surface area contributed by atoms with Crippen LogP contribution in [0.2, 0.25) is 0 Å². The molecule has 0 fully saturated rings. The standard InChI is InChI=1S/C15H24O4/c1-4-8-18-14-7-6-12(13(16)11-17-3)10-15(14)19-9-5-2/h6-7,10,13,16H,4-5,8-9,11H2,1-3H3. The van der Waals surface area contributed by atoms with Crippen LogP contribution in [0.25, 0.3) is 0 Å². The van der Waals surface area contributed by atoms with Gasteiger partial charge in [-0.05, 0) is 30.5 Å². The maximum Gasteiger partial charge on any atom is 0.161 e. The predicted molar refractivity (Wildman–Crippen MR) is 74.8 cm³/mol. The van der Waals surface area contributed by atoms with Gasteiger partial charge < -0.3 is 19.3 Å². The highest BCUT2D eigenvalue weighted by atomic mass is 16.5. The molecule has 0 aliphatic heterocycles. The average molecular weight is 268 g/mol. The zero-order valence-electron chi connectivity index (χ0n) is 12.0. The van der Waals surface area contributed by atoms with Gasteiger partial charge in [-0.25, -0.2) is 0 Å². The van der Waals surface area contributed by atoms with Crippen LogP contribution in [0.15, 0.2) is 18.2 Å². The van der Waals surface area contributed by atoms with Crippen molar-refractivity contribution in [3.05, 3.63) is 23.8 Å². The molecular weight excluding hydrogens is 244 g/mol. The minimum atomic E-state index is -0.644. The molecule has 0 aliphatic rings. The highest BCUT2D eigenvalue weighted by Gasteiger charge is 2.12. The molecule has 0 spiro atoms. The van der Waals surface area contributed by atoms with E-state index in [1.165, 1.54) is 0 Å². The highest BCUT2D eigenvalue weighted by molar-refractivity contribution is 5.43. The molecule has 1 N–H and O–H groups in total. The van der Waals surface area contributed by atoms with Crippen LogP contribution in [0.5, 0.6) is 11.5 Å². The first kappa shape index (κ1) is 15.8. The molecule has 0 aromatic heterocycles. The van der Waals surface area contributed by atoms with Crippen molar-refractivity contribution in [1.82, 2.24) is 0 Å². The van der Waals surface area contributed by atoms with Gasteiger partial charge in [-0.15, -0.1) is 0 Å². The summed E-state index contributed by atoms with van der Waals surface area (Å²) in [6.45, 7) is 5.66. The Morgan fingerprint density at radius 2 is 1.68 bits per heavy atom. The van der Waals surface area contributed by atoms with Gasteiger partial charge in [0.05, 0.1) is 19.8 Å². The first-order chi connectivity index (χ1) is 9.22. The van der Waals surface area contributed by atoms with Gasteiger partial charge in [-0.1, -0.05) is 19.9 Å². The van der Waals surface area contributed by atoms with E-state index in [0.717, 1.165) is 24.2 Å². The van der Waals surface area contributed by atoms with E-state index in [1.807, 2.05) is 18.2 Å². The largest absolute Gasteiger partial charge is 0.490 e. The van der Waals surface area contributed by atoms with E-state index in [1.54, 1.807) is 7.11 Å². The summed E-state index contributed by atoms with van der Waals surface area (Å²) in [7, 11) is 1.57. The fourth-order valence-electron chi connectivity index (χ4n) is 1.64. The van der Waals surface area contributed by atoms with Gasteiger partial charge in [0.25, 0.3) is 0 Å². The second-order valence-electron chi connectivity index (χ2n) is 4.37. The summed E-state index contributed by atoms with van der Waals surface area (Å²) in [6, 6.07) is 5.51. The van der Waals surface area contributed by atoms with E-state index in [0.29, 0.717) is 19.0 Å². The molecule has 1 aromatic carbocycles. The van der Waals surface area contributed by atoms with Crippen LogP contribution in [0.1, 0.15) is 38.4 Å². The Labute approximate surface area is 115 Å². The van der Waals surface area contributed by atoms with Gasteiger partial charge in [-0.2, -0.15) is 0 Å². The maximum absolute atomic E-state index is 9.92. The molecule has 1 atom stereocenters. The van der Waals surface area contributed by atoms with Crippen LogP contribution < -0.4 is 9.47 Å². The summed E-state index contributed by atoms with van der Waals surface area (Å²) in [5.74, 6) is 1.41. The monoisotopic (exact) mass is 268 g/mol. The van der Waals surface area contributed by atoms with Gasteiger partial charge >= 0.3 is 0 Å². The lowest BCUT2D eigenvalue weighted by molar-refractivity contribution is 0.0641. The number of aliphatic hydroxyl groups excluding tert-OH is 1. The van der Waals surface area contributed by atoms with E-state index in [-0.39, 0.29) is 6.61 Å². The van der Waals surface area contributed by atoms with E-state index in [4.69, 9.17) is 14.2 Å². The zero-order valence-corrected chi connectivity index (χ0v) is 12.0. The lowest BCUT2D eigenvalue weighted by atomic mass is 10.1. The molecule has 4 nitrogen and oxygen atoms in total. The SMILES string of the molecule is CCCOc1ccc(C(O)COC)cc1OCCC. The molecule has 19 heavy (non-hydrogen) atoms. The molecule has 4 heteroatoms. The molecule has 1 unspecified atom stereocenters. The normalized spacial score (nSPS) is 12.2. The number of ether oxygens (including phenoxy) is 3. The van der Waals surface area contributed by atoms with Gasteiger partial charge in [-0.3, -0.25) is 0 Å². The summed E-state index contributed by atoms with van der Waals surface area (Å²) in [5, 5.41) is 9.92. The smallest absolute Gasteiger partial charge is 0.161 e. The Bertz CT molecular complexity index is 365. The van der Waals surface area contributed by atoms with Crippen molar-refractivity contribution in [2.75, 3.05) is 26.9 Å². The van der Waals surface area contributed by atoms with Crippen molar-refractivity contribution in [3.63, 3.8) is 0 Å². The Kier molecular flexibility index (Phi) is 7.30. The predicted octanol–water partition coefficient (Wildman–Crippen LogP) is 2.94. The molecule has 0 aliphatic carbocycles. The van der Waals surface area contributed by atoms with Crippen LogP contribution >= 0.6 is 0 Å². The Balaban J connectivity index is 2.86. The number of rotatable bonds is 9. The van der Waals surface area contributed by atoms with E-state index in [2.05, 4.69) is 13.8 Å². The lowest BCUT2D eigenvalue weighted by Gasteiger charge is -2.16. The minimum Gasteiger partial charge on any atom is -0.490 e.